The van der Waals surface area contributed by atoms with Crippen LogP contribution in [0.1, 0.15) is 0 Å². The van der Waals surface area contributed by atoms with E-state index in [0.717, 1.165) is 0 Å². The first kappa shape index (κ1) is 7.57. The molecule has 1 rings (SSSR count). The van der Waals surface area contributed by atoms with Gasteiger partial charge in [0.25, 0.3) is 0 Å². The molecular formula is C5H4Cl2N2O. The van der Waals surface area contributed by atoms with Gasteiger partial charge >= 0.3 is 5.69 Å². The quantitative estimate of drug-likeness (QED) is 0.558. The van der Waals surface area contributed by atoms with Crippen LogP contribution in [0, 0.1) is 0 Å². The molecule has 0 N–H and O–H groups in total. The zero-order valence-corrected chi connectivity index (χ0v) is 6.65. The Labute approximate surface area is 67.2 Å². The third-order valence-electron chi connectivity index (χ3n) is 1.05. The van der Waals surface area contributed by atoms with Gasteiger partial charge in [-0.25, -0.2) is 4.79 Å². The van der Waals surface area contributed by atoms with Gasteiger partial charge in [0, 0.05) is 13.1 Å². The predicted octanol–water partition coefficient (Wildman–Crippen LogP) is 1.09. The lowest BCUT2D eigenvalue weighted by Gasteiger charge is -1.97. The molecule has 0 aliphatic rings. The Morgan fingerprint density at radius 3 is 2.70 bits per heavy atom. The summed E-state index contributed by atoms with van der Waals surface area (Å²) in [5, 5.41) is 0.401. The summed E-state index contributed by atoms with van der Waals surface area (Å²) in [6.45, 7) is 0. The lowest BCUT2D eigenvalue weighted by Crippen LogP contribution is -2.19. The van der Waals surface area contributed by atoms with Gasteiger partial charge in [0.15, 0.2) is 0 Å². The van der Waals surface area contributed by atoms with E-state index >= 15 is 0 Å². The highest BCUT2D eigenvalue weighted by molar-refractivity contribution is 6.33. The molecule has 5 heteroatoms. The van der Waals surface area contributed by atoms with E-state index in [-0.39, 0.29) is 10.3 Å². The van der Waals surface area contributed by atoms with E-state index in [1.807, 2.05) is 0 Å². The molecule has 0 radical (unpaired) electrons. The van der Waals surface area contributed by atoms with Gasteiger partial charge in [-0.15, -0.1) is 0 Å². The SMILES string of the molecule is Cn1c(Cl)cc(Cl)nc1=O. The zero-order chi connectivity index (χ0) is 7.72. The largest absolute Gasteiger partial charge is 0.349 e. The van der Waals surface area contributed by atoms with Gasteiger partial charge in [-0.3, -0.25) is 4.57 Å². The summed E-state index contributed by atoms with van der Waals surface area (Å²) >= 11 is 11.0. The first-order chi connectivity index (χ1) is 4.61. The van der Waals surface area contributed by atoms with E-state index < -0.39 is 5.69 Å². The molecule has 0 bridgehead atoms. The van der Waals surface area contributed by atoms with Crippen molar-refractivity contribution in [2.45, 2.75) is 0 Å². The third-order valence-corrected chi connectivity index (χ3v) is 1.60. The molecule has 0 atom stereocenters. The van der Waals surface area contributed by atoms with Crippen molar-refractivity contribution in [1.29, 1.82) is 0 Å². The first-order valence-corrected chi connectivity index (χ1v) is 3.26. The van der Waals surface area contributed by atoms with Crippen LogP contribution in [0.4, 0.5) is 0 Å². The van der Waals surface area contributed by atoms with Crippen LogP contribution in [-0.4, -0.2) is 9.55 Å². The molecule has 1 aromatic rings. The monoisotopic (exact) mass is 178 g/mol. The highest BCUT2D eigenvalue weighted by Gasteiger charge is 1.98. The van der Waals surface area contributed by atoms with Gasteiger partial charge in [0.1, 0.15) is 10.3 Å². The minimum Gasteiger partial charge on any atom is -0.285 e. The second-order valence-electron chi connectivity index (χ2n) is 1.74. The van der Waals surface area contributed by atoms with Crippen LogP contribution in [0.25, 0.3) is 0 Å². The van der Waals surface area contributed by atoms with Gasteiger partial charge < -0.3 is 0 Å². The molecule has 3 nitrogen and oxygen atoms in total. The van der Waals surface area contributed by atoms with Crippen LogP contribution < -0.4 is 5.69 Å². The van der Waals surface area contributed by atoms with E-state index in [4.69, 9.17) is 23.2 Å². The van der Waals surface area contributed by atoms with Crippen molar-refractivity contribution in [2.75, 3.05) is 0 Å². The molecule has 10 heavy (non-hydrogen) atoms. The highest BCUT2D eigenvalue weighted by Crippen LogP contribution is 2.08. The Morgan fingerprint density at radius 2 is 2.20 bits per heavy atom. The van der Waals surface area contributed by atoms with Crippen LogP contribution in [-0.2, 0) is 7.05 Å². The summed E-state index contributed by atoms with van der Waals surface area (Å²) in [6.07, 6.45) is 0. The molecular weight excluding hydrogens is 175 g/mol. The molecule has 0 aliphatic carbocycles. The summed E-state index contributed by atoms with van der Waals surface area (Å²) in [6, 6.07) is 1.41. The molecule has 0 aromatic carbocycles. The van der Waals surface area contributed by atoms with Gasteiger partial charge in [-0.05, 0) is 0 Å². The number of rotatable bonds is 0. The van der Waals surface area contributed by atoms with Crippen LogP contribution in [0.5, 0.6) is 0 Å². The Kier molecular flexibility index (Phi) is 1.97. The third kappa shape index (κ3) is 1.30. The Bertz CT molecular complexity index is 307. The topological polar surface area (TPSA) is 34.9 Å². The molecule has 1 heterocycles. The maximum absolute atomic E-state index is 10.7. The van der Waals surface area contributed by atoms with E-state index in [2.05, 4.69) is 4.98 Å². The lowest BCUT2D eigenvalue weighted by molar-refractivity contribution is 0.811. The Balaban J connectivity index is 3.46. The van der Waals surface area contributed by atoms with Gasteiger partial charge in [-0.2, -0.15) is 4.98 Å². The van der Waals surface area contributed by atoms with E-state index in [0.29, 0.717) is 0 Å². The minimum atomic E-state index is -0.447. The van der Waals surface area contributed by atoms with Crippen molar-refractivity contribution < 1.29 is 0 Å². The summed E-state index contributed by atoms with van der Waals surface area (Å²) in [4.78, 5) is 14.2. The summed E-state index contributed by atoms with van der Waals surface area (Å²) in [5.41, 5.74) is -0.447. The van der Waals surface area contributed by atoms with Gasteiger partial charge in [0.2, 0.25) is 0 Å². The fourth-order valence-electron chi connectivity index (χ4n) is 0.485. The molecule has 0 amide bonds. The number of hydrogen-bond donors (Lipinski definition) is 0. The second kappa shape index (κ2) is 2.60. The van der Waals surface area contributed by atoms with Crippen molar-refractivity contribution in [2.24, 2.45) is 7.05 Å². The van der Waals surface area contributed by atoms with Crippen molar-refractivity contribution >= 4 is 23.2 Å². The van der Waals surface area contributed by atoms with Crippen LogP contribution >= 0.6 is 23.2 Å². The second-order valence-corrected chi connectivity index (χ2v) is 2.52. The van der Waals surface area contributed by atoms with Gasteiger partial charge in [-0.1, -0.05) is 23.2 Å². The molecule has 0 unspecified atom stereocenters. The molecule has 1 aromatic heterocycles. The average Bonchev–Trinajstić information content (AvgIpc) is 1.82. The van der Waals surface area contributed by atoms with E-state index in [1.165, 1.54) is 17.7 Å². The number of halogens is 2. The lowest BCUT2D eigenvalue weighted by atomic mass is 10.6. The fraction of sp³-hybridized carbons (Fsp3) is 0.200. The zero-order valence-electron chi connectivity index (χ0n) is 5.14. The average molecular weight is 179 g/mol. The number of hydrogen-bond acceptors (Lipinski definition) is 2. The van der Waals surface area contributed by atoms with E-state index in [9.17, 15) is 4.79 Å². The molecule has 0 aliphatic heterocycles. The summed E-state index contributed by atoms with van der Waals surface area (Å²) in [7, 11) is 1.52. The minimum absolute atomic E-state index is 0.119. The summed E-state index contributed by atoms with van der Waals surface area (Å²) < 4.78 is 1.20. The molecule has 54 valence electrons. The van der Waals surface area contributed by atoms with Crippen molar-refractivity contribution in [3.63, 3.8) is 0 Å². The number of nitrogens with zero attached hydrogens (tertiary/aromatic N) is 2. The van der Waals surface area contributed by atoms with Crippen LogP contribution in [0.3, 0.4) is 0 Å². The predicted molar refractivity (Wildman–Crippen MR) is 39.5 cm³/mol. The van der Waals surface area contributed by atoms with Crippen molar-refractivity contribution in [3.8, 4) is 0 Å². The van der Waals surface area contributed by atoms with Gasteiger partial charge in [0.05, 0.1) is 0 Å². The van der Waals surface area contributed by atoms with Crippen molar-refractivity contribution in [3.05, 3.63) is 26.9 Å². The fourth-order valence-corrected chi connectivity index (χ4v) is 0.892. The normalized spacial score (nSPS) is 9.90. The molecule has 0 saturated carbocycles. The first-order valence-electron chi connectivity index (χ1n) is 2.50. The van der Waals surface area contributed by atoms with Crippen LogP contribution in [0.2, 0.25) is 10.3 Å². The van der Waals surface area contributed by atoms with E-state index in [1.54, 1.807) is 0 Å². The maximum atomic E-state index is 10.7. The highest BCUT2D eigenvalue weighted by atomic mass is 35.5. The smallest absolute Gasteiger partial charge is 0.285 e. The Hall–Kier alpha value is -0.540. The van der Waals surface area contributed by atoms with Crippen LogP contribution in [0.15, 0.2) is 10.9 Å². The molecule has 0 fully saturated rings. The van der Waals surface area contributed by atoms with Crippen molar-refractivity contribution in [1.82, 2.24) is 9.55 Å². The molecule has 0 saturated heterocycles. The maximum Gasteiger partial charge on any atom is 0.349 e. The summed E-state index contributed by atoms with van der Waals surface area (Å²) in [5.74, 6) is 0. The number of aromatic nitrogens is 2. The standard InChI is InChI=1S/C5H4Cl2N2O/c1-9-4(7)2-3(6)8-5(9)10/h2H,1H3. The Morgan fingerprint density at radius 1 is 1.60 bits per heavy atom. The molecule has 0 spiro atoms.